The van der Waals surface area contributed by atoms with E-state index < -0.39 is 0 Å². The number of allylic oxidation sites excluding steroid dienone is 3. The maximum absolute atomic E-state index is 8.38. The lowest BCUT2D eigenvalue weighted by atomic mass is 10.4. The first-order valence-electron chi connectivity index (χ1n) is 3.16. The SMILES string of the molecule is C=C(C#N)S/C(=C\C)CC. The third kappa shape index (κ3) is 3.37. The zero-order chi connectivity index (χ0) is 7.98. The number of hydrogen-bond acceptors (Lipinski definition) is 2. The van der Waals surface area contributed by atoms with Gasteiger partial charge in [-0.05, 0) is 18.2 Å². The molecular formula is C8H11NS. The molecule has 0 aliphatic heterocycles. The molecule has 1 nitrogen and oxygen atoms in total. The number of hydrogen-bond donors (Lipinski definition) is 0. The molecule has 0 aromatic rings. The zero-order valence-electron chi connectivity index (χ0n) is 6.35. The molecule has 0 aliphatic rings. The van der Waals surface area contributed by atoms with Gasteiger partial charge in [-0.1, -0.05) is 31.3 Å². The Balaban J connectivity index is 3.91. The molecule has 2 heteroatoms. The summed E-state index contributed by atoms with van der Waals surface area (Å²) < 4.78 is 0. The Bertz CT molecular complexity index is 186. The Morgan fingerprint density at radius 2 is 2.40 bits per heavy atom. The molecule has 0 atom stereocenters. The Morgan fingerprint density at radius 1 is 1.80 bits per heavy atom. The summed E-state index contributed by atoms with van der Waals surface area (Å²) in [6.45, 7) is 7.60. The highest BCUT2D eigenvalue weighted by atomic mass is 32.2. The topological polar surface area (TPSA) is 23.8 Å². The second-order valence-electron chi connectivity index (χ2n) is 1.75. The van der Waals surface area contributed by atoms with Crippen LogP contribution in [0.5, 0.6) is 0 Å². The van der Waals surface area contributed by atoms with E-state index in [2.05, 4.69) is 13.5 Å². The van der Waals surface area contributed by atoms with Crippen LogP contribution in [0.15, 0.2) is 22.5 Å². The molecule has 0 radical (unpaired) electrons. The number of nitrogens with zero attached hydrogens (tertiary/aromatic N) is 1. The van der Waals surface area contributed by atoms with E-state index in [-0.39, 0.29) is 0 Å². The molecule has 0 spiro atoms. The van der Waals surface area contributed by atoms with Crippen molar-refractivity contribution in [2.45, 2.75) is 20.3 Å². The Labute approximate surface area is 66.4 Å². The molecule has 0 heterocycles. The largest absolute Gasteiger partial charge is 0.192 e. The Morgan fingerprint density at radius 3 is 2.70 bits per heavy atom. The van der Waals surface area contributed by atoms with Crippen LogP contribution in [0.4, 0.5) is 0 Å². The van der Waals surface area contributed by atoms with Gasteiger partial charge in [0.2, 0.25) is 0 Å². The first-order valence-corrected chi connectivity index (χ1v) is 3.98. The van der Waals surface area contributed by atoms with E-state index >= 15 is 0 Å². The average Bonchev–Trinajstić information content (AvgIpc) is 1.99. The first kappa shape index (κ1) is 9.32. The fourth-order valence-electron chi connectivity index (χ4n) is 0.516. The third-order valence-electron chi connectivity index (χ3n) is 1.05. The molecule has 0 bridgehead atoms. The van der Waals surface area contributed by atoms with Gasteiger partial charge in [0.1, 0.15) is 6.07 Å². The van der Waals surface area contributed by atoms with Crippen molar-refractivity contribution in [1.82, 2.24) is 0 Å². The van der Waals surface area contributed by atoms with E-state index in [0.717, 1.165) is 6.42 Å². The molecule has 0 aliphatic carbocycles. The highest BCUT2D eigenvalue weighted by Crippen LogP contribution is 2.25. The van der Waals surface area contributed by atoms with Crippen molar-refractivity contribution in [3.63, 3.8) is 0 Å². The van der Waals surface area contributed by atoms with Gasteiger partial charge in [-0.2, -0.15) is 5.26 Å². The normalized spacial score (nSPS) is 10.7. The van der Waals surface area contributed by atoms with E-state index in [9.17, 15) is 0 Å². The maximum Gasteiger partial charge on any atom is 0.106 e. The van der Waals surface area contributed by atoms with Crippen LogP contribution < -0.4 is 0 Å². The lowest BCUT2D eigenvalue weighted by Gasteiger charge is -1.98. The summed E-state index contributed by atoms with van der Waals surface area (Å²) in [6.07, 6.45) is 2.98. The molecule has 54 valence electrons. The van der Waals surface area contributed by atoms with Gasteiger partial charge >= 0.3 is 0 Å². The van der Waals surface area contributed by atoms with Gasteiger partial charge in [0.15, 0.2) is 0 Å². The van der Waals surface area contributed by atoms with Crippen LogP contribution in [0.25, 0.3) is 0 Å². The molecule has 0 fully saturated rings. The van der Waals surface area contributed by atoms with E-state index in [1.165, 1.54) is 16.7 Å². The van der Waals surface area contributed by atoms with Crippen LogP contribution in [0.1, 0.15) is 20.3 Å². The van der Waals surface area contributed by atoms with Gasteiger partial charge in [0.25, 0.3) is 0 Å². The lowest BCUT2D eigenvalue weighted by Crippen LogP contribution is -1.72. The highest BCUT2D eigenvalue weighted by molar-refractivity contribution is 8.06. The molecule has 10 heavy (non-hydrogen) atoms. The van der Waals surface area contributed by atoms with E-state index in [4.69, 9.17) is 5.26 Å². The molecule has 0 aromatic carbocycles. The summed E-state index contributed by atoms with van der Waals surface area (Å²) in [5, 5.41) is 8.38. The van der Waals surface area contributed by atoms with Crippen molar-refractivity contribution in [1.29, 1.82) is 5.26 Å². The minimum Gasteiger partial charge on any atom is -0.192 e. The van der Waals surface area contributed by atoms with Crippen molar-refractivity contribution in [3.8, 4) is 6.07 Å². The molecule has 0 unspecified atom stereocenters. The first-order chi connectivity index (χ1) is 4.74. The van der Waals surface area contributed by atoms with Gasteiger partial charge in [-0.15, -0.1) is 0 Å². The van der Waals surface area contributed by atoms with E-state index in [1.807, 2.05) is 19.1 Å². The van der Waals surface area contributed by atoms with Crippen molar-refractivity contribution in [2.24, 2.45) is 0 Å². The van der Waals surface area contributed by atoms with E-state index in [0.29, 0.717) is 4.91 Å². The second kappa shape index (κ2) is 5.13. The summed E-state index contributed by atoms with van der Waals surface area (Å²) >= 11 is 1.45. The average molecular weight is 153 g/mol. The molecule has 0 amide bonds. The number of nitriles is 1. The van der Waals surface area contributed by atoms with Gasteiger partial charge in [0.05, 0.1) is 4.91 Å². The summed E-state index contributed by atoms with van der Waals surface area (Å²) in [5.41, 5.74) is 0. The zero-order valence-corrected chi connectivity index (χ0v) is 7.16. The number of rotatable bonds is 3. The summed E-state index contributed by atoms with van der Waals surface area (Å²) in [5.74, 6) is 0. The smallest absolute Gasteiger partial charge is 0.106 e. The van der Waals surface area contributed by atoms with Crippen LogP contribution in [0.2, 0.25) is 0 Å². The van der Waals surface area contributed by atoms with Gasteiger partial charge in [-0.3, -0.25) is 0 Å². The van der Waals surface area contributed by atoms with Crippen molar-refractivity contribution < 1.29 is 0 Å². The minimum atomic E-state index is 0.565. The van der Waals surface area contributed by atoms with E-state index in [1.54, 1.807) is 0 Å². The van der Waals surface area contributed by atoms with Crippen LogP contribution in [0, 0.1) is 11.3 Å². The maximum atomic E-state index is 8.38. The molecule has 0 aromatic heterocycles. The summed E-state index contributed by atoms with van der Waals surface area (Å²) in [6, 6.07) is 1.99. The Hall–Kier alpha value is -0.680. The molecule has 0 saturated heterocycles. The van der Waals surface area contributed by atoms with Crippen molar-refractivity contribution in [2.75, 3.05) is 0 Å². The van der Waals surface area contributed by atoms with Crippen LogP contribution in [-0.4, -0.2) is 0 Å². The fourth-order valence-corrected chi connectivity index (χ4v) is 1.14. The number of thioether (sulfide) groups is 1. The van der Waals surface area contributed by atoms with Crippen LogP contribution >= 0.6 is 11.8 Å². The third-order valence-corrected chi connectivity index (χ3v) is 2.17. The van der Waals surface area contributed by atoms with Gasteiger partial charge < -0.3 is 0 Å². The minimum absolute atomic E-state index is 0.565. The Kier molecular flexibility index (Phi) is 4.78. The summed E-state index contributed by atoms with van der Waals surface area (Å²) in [7, 11) is 0. The molecule has 0 saturated carbocycles. The monoisotopic (exact) mass is 153 g/mol. The predicted molar refractivity (Wildman–Crippen MR) is 46.4 cm³/mol. The fraction of sp³-hybridized carbons (Fsp3) is 0.375. The second-order valence-corrected chi connectivity index (χ2v) is 2.97. The van der Waals surface area contributed by atoms with Crippen LogP contribution in [0.3, 0.4) is 0 Å². The highest BCUT2D eigenvalue weighted by Gasteiger charge is 1.95. The standard InChI is InChI=1S/C8H11NS/c1-4-8(5-2)10-7(3)6-9/h4H,3,5H2,1-2H3/b8-4-. The van der Waals surface area contributed by atoms with Crippen molar-refractivity contribution in [3.05, 3.63) is 22.5 Å². The van der Waals surface area contributed by atoms with Gasteiger partial charge in [-0.25, -0.2) is 0 Å². The molecule has 0 N–H and O–H groups in total. The van der Waals surface area contributed by atoms with Crippen molar-refractivity contribution >= 4 is 11.8 Å². The quantitative estimate of drug-likeness (QED) is 0.582. The summed E-state index contributed by atoms with van der Waals surface area (Å²) in [4.78, 5) is 1.77. The molecule has 0 rings (SSSR count). The van der Waals surface area contributed by atoms with Crippen LogP contribution in [-0.2, 0) is 0 Å². The van der Waals surface area contributed by atoms with Gasteiger partial charge in [0, 0.05) is 0 Å². The lowest BCUT2D eigenvalue weighted by molar-refractivity contribution is 1.19. The molecular weight excluding hydrogens is 142 g/mol. The predicted octanol–water partition coefficient (Wildman–Crippen LogP) is 3.07.